The summed E-state index contributed by atoms with van der Waals surface area (Å²) in [7, 11) is 0. The number of halogens is 2. The molecular formula is C13H11Br2NO. The summed E-state index contributed by atoms with van der Waals surface area (Å²) in [6.45, 7) is 4.10. The first-order chi connectivity index (χ1) is 8.06. The van der Waals surface area contributed by atoms with E-state index in [-0.39, 0.29) is 0 Å². The Hall–Kier alpha value is -0.870. The van der Waals surface area contributed by atoms with Gasteiger partial charge < -0.3 is 4.42 Å². The molecule has 4 heteroatoms. The number of aryl methyl sites for hydroxylation is 2. The molecule has 88 valence electrons. The number of nitrogens with zero attached hydrogens (tertiary/aromatic N) is 1. The molecule has 0 fully saturated rings. The van der Waals surface area contributed by atoms with Crippen LogP contribution in [0.15, 0.2) is 42.8 Å². The van der Waals surface area contributed by atoms with Crippen LogP contribution in [0.3, 0.4) is 0 Å². The molecule has 0 radical (unpaired) electrons. The number of rotatable bonds is 2. The molecule has 1 aromatic carbocycles. The van der Waals surface area contributed by atoms with Gasteiger partial charge in [0.15, 0.2) is 4.67 Å². The van der Waals surface area contributed by atoms with E-state index >= 15 is 0 Å². The molecule has 1 heterocycles. The second-order valence-electron chi connectivity index (χ2n) is 3.82. The van der Waals surface area contributed by atoms with Crippen LogP contribution in [-0.2, 0) is 0 Å². The lowest BCUT2D eigenvalue weighted by atomic mass is 10.1. The minimum atomic E-state index is 0.680. The van der Waals surface area contributed by atoms with Crippen LogP contribution >= 0.6 is 31.9 Å². The second kappa shape index (κ2) is 5.19. The average Bonchev–Trinajstić information content (AvgIpc) is 2.60. The Kier molecular flexibility index (Phi) is 3.84. The first-order valence-corrected chi connectivity index (χ1v) is 6.71. The van der Waals surface area contributed by atoms with Crippen LogP contribution in [0, 0.1) is 13.8 Å². The van der Waals surface area contributed by atoms with Gasteiger partial charge >= 0.3 is 0 Å². The maximum Gasteiger partial charge on any atom is 0.184 e. The van der Waals surface area contributed by atoms with Gasteiger partial charge in [0.1, 0.15) is 5.76 Å². The van der Waals surface area contributed by atoms with Crippen molar-refractivity contribution >= 4 is 43.8 Å². The SMILES string of the molecule is Cc1ccc(C)c(N=Cc2cc(Br)c(Br)o2)c1. The lowest BCUT2D eigenvalue weighted by Crippen LogP contribution is -1.79. The molecular weight excluding hydrogens is 346 g/mol. The summed E-state index contributed by atoms with van der Waals surface area (Å²) < 4.78 is 7.00. The first-order valence-electron chi connectivity index (χ1n) is 5.12. The zero-order valence-electron chi connectivity index (χ0n) is 9.50. The maximum absolute atomic E-state index is 5.43. The van der Waals surface area contributed by atoms with Crippen LogP contribution in [0.1, 0.15) is 16.9 Å². The summed E-state index contributed by atoms with van der Waals surface area (Å²) in [5.41, 5.74) is 3.31. The van der Waals surface area contributed by atoms with Gasteiger partial charge in [-0.3, -0.25) is 4.99 Å². The molecule has 17 heavy (non-hydrogen) atoms. The highest BCUT2D eigenvalue weighted by Gasteiger charge is 2.03. The zero-order valence-corrected chi connectivity index (χ0v) is 12.7. The third-order valence-corrected chi connectivity index (χ3v) is 4.07. The summed E-state index contributed by atoms with van der Waals surface area (Å²) in [6.07, 6.45) is 1.72. The molecule has 0 saturated carbocycles. The van der Waals surface area contributed by atoms with Crippen molar-refractivity contribution in [2.45, 2.75) is 13.8 Å². The molecule has 1 aromatic heterocycles. The molecule has 0 aliphatic carbocycles. The Balaban J connectivity index is 2.28. The zero-order chi connectivity index (χ0) is 12.4. The maximum atomic E-state index is 5.43. The van der Waals surface area contributed by atoms with E-state index in [0.717, 1.165) is 15.7 Å². The Morgan fingerprint density at radius 2 is 1.94 bits per heavy atom. The molecule has 0 aliphatic rings. The molecule has 0 saturated heterocycles. The highest BCUT2D eigenvalue weighted by atomic mass is 79.9. The smallest absolute Gasteiger partial charge is 0.184 e. The minimum Gasteiger partial charge on any atom is -0.447 e. The molecule has 0 spiro atoms. The van der Waals surface area contributed by atoms with E-state index < -0.39 is 0 Å². The van der Waals surface area contributed by atoms with E-state index in [0.29, 0.717) is 10.4 Å². The Bertz CT molecular complexity index is 553. The highest BCUT2D eigenvalue weighted by molar-refractivity contribution is 9.13. The summed E-state index contributed by atoms with van der Waals surface area (Å²) >= 11 is 6.66. The van der Waals surface area contributed by atoms with Crippen LogP contribution in [-0.4, -0.2) is 6.21 Å². The van der Waals surface area contributed by atoms with Gasteiger partial charge in [-0.2, -0.15) is 0 Å². The van der Waals surface area contributed by atoms with Gasteiger partial charge in [0.2, 0.25) is 0 Å². The monoisotopic (exact) mass is 355 g/mol. The van der Waals surface area contributed by atoms with Crippen molar-refractivity contribution in [1.29, 1.82) is 0 Å². The minimum absolute atomic E-state index is 0.680. The van der Waals surface area contributed by atoms with Gasteiger partial charge in [-0.25, -0.2) is 0 Å². The van der Waals surface area contributed by atoms with Gasteiger partial charge in [0.05, 0.1) is 16.4 Å². The Morgan fingerprint density at radius 1 is 1.18 bits per heavy atom. The highest BCUT2D eigenvalue weighted by Crippen LogP contribution is 2.26. The van der Waals surface area contributed by atoms with Crippen molar-refractivity contribution in [3.63, 3.8) is 0 Å². The Morgan fingerprint density at radius 3 is 2.59 bits per heavy atom. The van der Waals surface area contributed by atoms with Gasteiger partial charge in [0, 0.05) is 6.07 Å². The molecule has 0 unspecified atom stereocenters. The molecule has 0 amide bonds. The van der Waals surface area contributed by atoms with E-state index in [4.69, 9.17) is 4.42 Å². The first kappa shape index (κ1) is 12.6. The average molecular weight is 357 g/mol. The normalized spacial score (nSPS) is 11.3. The van der Waals surface area contributed by atoms with E-state index in [1.54, 1.807) is 6.21 Å². The standard InChI is InChI=1S/C13H11Br2NO/c1-8-3-4-9(2)12(5-8)16-7-10-6-11(14)13(15)17-10/h3-7H,1-2H3. The fraction of sp³-hybridized carbons (Fsp3) is 0.154. The number of hydrogen-bond donors (Lipinski definition) is 0. The molecule has 2 aromatic rings. The quantitative estimate of drug-likeness (QED) is 0.681. The van der Waals surface area contributed by atoms with Crippen LogP contribution < -0.4 is 0 Å². The fourth-order valence-electron chi connectivity index (χ4n) is 1.42. The summed E-state index contributed by atoms with van der Waals surface area (Å²) in [6, 6.07) is 8.07. The van der Waals surface area contributed by atoms with Crippen LogP contribution in [0.5, 0.6) is 0 Å². The van der Waals surface area contributed by atoms with Gasteiger partial charge in [-0.15, -0.1) is 0 Å². The van der Waals surface area contributed by atoms with Crippen molar-refractivity contribution in [2.24, 2.45) is 4.99 Å². The predicted octanol–water partition coefficient (Wildman–Crippen LogP) is 5.17. The third-order valence-electron chi connectivity index (χ3n) is 2.36. The molecule has 2 nitrogen and oxygen atoms in total. The summed E-state index contributed by atoms with van der Waals surface area (Å²) in [5.74, 6) is 0.713. The largest absolute Gasteiger partial charge is 0.447 e. The number of aliphatic imine (C=N–C) groups is 1. The van der Waals surface area contributed by atoms with Gasteiger partial charge in [-0.05, 0) is 62.9 Å². The number of furan rings is 1. The molecule has 0 aliphatic heterocycles. The molecule has 0 atom stereocenters. The Labute approximate surface area is 117 Å². The molecule has 2 rings (SSSR count). The van der Waals surface area contributed by atoms with Crippen molar-refractivity contribution in [1.82, 2.24) is 0 Å². The van der Waals surface area contributed by atoms with Crippen molar-refractivity contribution in [2.75, 3.05) is 0 Å². The van der Waals surface area contributed by atoms with Crippen LogP contribution in [0.25, 0.3) is 0 Å². The van der Waals surface area contributed by atoms with Gasteiger partial charge in [-0.1, -0.05) is 12.1 Å². The van der Waals surface area contributed by atoms with E-state index in [9.17, 15) is 0 Å². The third kappa shape index (κ3) is 3.07. The van der Waals surface area contributed by atoms with E-state index in [1.165, 1.54) is 5.56 Å². The number of hydrogen-bond acceptors (Lipinski definition) is 2. The number of benzene rings is 1. The van der Waals surface area contributed by atoms with Crippen LogP contribution in [0.2, 0.25) is 0 Å². The summed E-state index contributed by atoms with van der Waals surface area (Å²) in [5, 5.41) is 0. The van der Waals surface area contributed by atoms with Gasteiger partial charge in [0.25, 0.3) is 0 Å². The molecule has 0 N–H and O–H groups in total. The summed E-state index contributed by atoms with van der Waals surface area (Å²) in [4.78, 5) is 4.43. The van der Waals surface area contributed by atoms with E-state index in [1.807, 2.05) is 13.0 Å². The van der Waals surface area contributed by atoms with E-state index in [2.05, 4.69) is 62.0 Å². The molecule has 0 bridgehead atoms. The van der Waals surface area contributed by atoms with Crippen molar-refractivity contribution < 1.29 is 4.42 Å². The predicted molar refractivity (Wildman–Crippen MR) is 77.3 cm³/mol. The van der Waals surface area contributed by atoms with Crippen LogP contribution in [0.4, 0.5) is 5.69 Å². The second-order valence-corrected chi connectivity index (χ2v) is 5.39. The topological polar surface area (TPSA) is 25.5 Å². The lowest BCUT2D eigenvalue weighted by molar-refractivity contribution is 0.533. The van der Waals surface area contributed by atoms with Crippen molar-refractivity contribution in [3.8, 4) is 0 Å². The van der Waals surface area contributed by atoms with Crippen molar-refractivity contribution in [3.05, 3.63) is 50.3 Å². The lowest BCUT2D eigenvalue weighted by Gasteiger charge is -2.00. The fourth-order valence-corrected chi connectivity index (χ4v) is 2.03.